The minimum absolute atomic E-state index is 0.106. The van der Waals surface area contributed by atoms with Gasteiger partial charge in [0.25, 0.3) is 0 Å². The van der Waals surface area contributed by atoms with Crippen LogP contribution in [0.3, 0.4) is 0 Å². The molecule has 0 amide bonds. The van der Waals surface area contributed by atoms with E-state index in [1.165, 1.54) is 12.1 Å². The van der Waals surface area contributed by atoms with Crippen LogP contribution in [0.1, 0.15) is 11.5 Å². The van der Waals surface area contributed by atoms with Crippen molar-refractivity contribution in [1.29, 1.82) is 0 Å². The zero-order chi connectivity index (χ0) is 10.7. The Morgan fingerprint density at radius 3 is 2.79 bits per heavy atom. The molecule has 0 spiro atoms. The number of carbonyl (C=O) groups is 1. The molecule has 0 aliphatic heterocycles. The van der Waals surface area contributed by atoms with E-state index >= 15 is 0 Å². The Balaban J connectivity index is 3.16. The topological polar surface area (TPSA) is 63.3 Å². The lowest BCUT2D eigenvalue weighted by molar-refractivity contribution is -0.138. The van der Waals surface area contributed by atoms with Gasteiger partial charge < -0.3 is 10.8 Å². The molecular weight excluding hydrogens is 253 g/mol. The summed E-state index contributed by atoms with van der Waals surface area (Å²) in [6.07, 6.45) is 0. The van der Waals surface area contributed by atoms with Gasteiger partial charge in [-0.05, 0) is 22.0 Å². The lowest BCUT2D eigenvalue weighted by Gasteiger charge is -2.11. The van der Waals surface area contributed by atoms with Crippen molar-refractivity contribution < 1.29 is 14.3 Å². The van der Waals surface area contributed by atoms with Gasteiger partial charge in [0.2, 0.25) is 0 Å². The molecule has 0 saturated heterocycles. The predicted molar refractivity (Wildman–Crippen MR) is 53.5 cm³/mol. The number of carboxylic acids is 1. The smallest absolute Gasteiger partial charge is 0.312 e. The van der Waals surface area contributed by atoms with Crippen molar-refractivity contribution >= 4 is 21.9 Å². The fraction of sp³-hybridized carbons (Fsp3) is 0.222. The Morgan fingerprint density at radius 1 is 1.64 bits per heavy atom. The van der Waals surface area contributed by atoms with Crippen molar-refractivity contribution in [3.05, 3.63) is 34.1 Å². The zero-order valence-corrected chi connectivity index (χ0v) is 8.79. The van der Waals surface area contributed by atoms with E-state index in [0.717, 1.165) is 0 Å². The molecule has 0 saturated carbocycles. The van der Waals surface area contributed by atoms with Gasteiger partial charge in [0.1, 0.15) is 5.82 Å². The molecule has 0 radical (unpaired) electrons. The minimum Gasteiger partial charge on any atom is -0.481 e. The van der Waals surface area contributed by atoms with Gasteiger partial charge in [-0.1, -0.05) is 12.1 Å². The fourth-order valence-electron chi connectivity index (χ4n) is 1.15. The molecule has 0 aliphatic rings. The summed E-state index contributed by atoms with van der Waals surface area (Å²) in [6, 6.07) is 4.51. The monoisotopic (exact) mass is 261 g/mol. The predicted octanol–water partition coefficient (Wildman–Crippen LogP) is 1.72. The lowest BCUT2D eigenvalue weighted by Crippen LogP contribution is -2.22. The molecule has 14 heavy (non-hydrogen) atoms. The highest BCUT2D eigenvalue weighted by molar-refractivity contribution is 9.10. The molecule has 1 rings (SSSR count). The number of hydrogen-bond acceptors (Lipinski definition) is 2. The van der Waals surface area contributed by atoms with Crippen LogP contribution in [-0.4, -0.2) is 17.6 Å². The molecule has 1 aromatic rings. The van der Waals surface area contributed by atoms with Crippen molar-refractivity contribution in [2.45, 2.75) is 5.92 Å². The lowest BCUT2D eigenvalue weighted by atomic mass is 9.99. The van der Waals surface area contributed by atoms with Crippen LogP contribution in [0.25, 0.3) is 0 Å². The van der Waals surface area contributed by atoms with E-state index in [9.17, 15) is 9.18 Å². The molecule has 3 N–H and O–H groups in total. The highest BCUT2D eigenvalue weighted by Gasteiger charge is 2.22. The number of hydrogen-bond donors (Lipinski definition) is 2. The van der Waals surface area contributed by atoms with Crippen LogP contribution < -0.4 is 5.73 Å². The second-order valence-corrected chi connectivity index (χ2v) is 3.62. The maximum absolute atomic E-state index is 13.4. The first-order valence-corrected chi connectivity index (χ1v) is 4.74. The van der Waals surface area contributed by atoms with Gasteiger partial charge in [-0.15, -0.1) is 0 Å². The molecule has 0 bridgehead atoms. The van der Waals surface area contributed by atoms with Crippen molar-refractivity contribution in [2.75, 3.05) is 6.54 Å². The Morgan fingerprint density at radius 2 is 2.29 bits per heavy atom. The van der Waals surface area contributed by atoms with Crippen LogP contribution in [0.2, 0.25) is 0 Å². The standard InChI is InChI=1S/C9H9BrFNO2/c10-7-3-1-2-5(8(7)11)6(4-12)9(13)14/h1-3,6H,4,12H2,(H,13,14). The molecule has 5 heteroatoms. The summed E-state index contributed by atoms with van der Waals surface area (Å²) in [5, 5.41) is 8.78. The van der Waals surface area contributed by atoms with Gasteiger partial charge in [-0.2, -0.15) is 0 Å². The highest BCUT2D eigenvalue weighted by Crippen LogP contribution is 2.24. The van der Waals surface area contributed by atoms with E-state index in [1.807, 2.05) is 0 Å². The summed E-state index contributed by atoms with van der Waals surface area (Å²) in [7, 11) is 0. The molecule has 0 fully saturated rings. The second kappa shape index (κ2) is 4.52. The Bertz CT molecular complexity index is 357. The molecule has 76 valence electrons. The van der Waals surface area contributed by atoms with Crippen LogP contribution in [0.4, 0.5) is 4.39 Å². The molecule has 3 nitrogen and oxygen atoms in total. The van der Waals surface area contributed by atoms with Crippen LogP contribution in [-0.2, 0) is 4.79 Å². The number of nitrogens with two attached hydrogens (primary N) is 1. The Kier molecular flexibility index (Phi) is 3.60. The number of aliphatic carboxylic acids is 1. The van der Waals surface area contributed by atoms with E-state index in [2.05, 4.69) is 15.9 Å². The van der Waals surface area contributed by atoms with E-state index in [1.54, 1.807) is 6.07 Å². The summed E-state index contributed by atoms with van der Waals surface area (Å²) < 4.78 is 13.7. The number of carboxylic acid groups (broad SMARTS) is 1. The first-order chi connectivity index (χ1) is 6.57. The molecule has 1 atom stereocenters. The summed E-state index contributed by atoms with van der Waals surface area (Å²) >= 11 is 2.98. The first kappa shape index (κ1) is 11.1. The maximum Gasteiger partial charge on any atom is 0.312 e. The Labute approximate surface area is 88.9 Å². The fourth-order valence-corrected chi connectivity index (χ4v) is 1.53. The Hall–Kier alpha value is -0.940. The van der Waals surface area contributed by atoms with Crippen LogP contribution in [0, 0.1) is 5.82 Å². The normalized spacial score (nSPS) is 12.5. The first-order valence-electron chi connectivity index (χ1n) is 3.94. The van der Waals surface area contributed by atoms with Crippen LogP contribution >= 0.6 is 15.9 Å². The third kappa shape index (κ3) is 2.10. The highest BCUT2D eigenvalue weighted by atomic mass is 79.9. The molecule has 1 aromatic carbocycles. The van der Waals surface area contributed by atoms with E-state index in [-0.39, 0.29) is 16.6 Å². The number of rotatable bonds is 3. The van der Waals surface area contributed by atoms with Crippen molar-refractivity contribution in [3.63, 3.8) is 0 Å². The van der Waals surface area contributed by atoms with Gasteiger partial charge >= 0.3 is 5.97 Å². The molecule has 0 aromatic heterocycles. The van der Waals surface area contributed by atoms with E-state index < -0.39 is 17.7 Å². The van der Waals surface area contributed by atoms with E-state index in [4.69, 9.17) is 10.8 Å². The van der Waals surface area contributed by atoms with Gasteiger partial charge in [-0.3, -0.25) is 4.79 Å². The average Bonchev–Trinajstić information content (AvgIpc) is 2.13. The second-order valence-electron chi connectivity index (χ2n) is 2.77. The summed E-state index contributed by atoms with van der Waals surface area (Å²) in [5.74, 6) is -2.68. The zero-order valence-electron chi connectivity index (χ0n) is 7.21. The average molecular weight is 262 g/mol. The van der Waals surface area contributed by atoms with Crippen LogP contribution in [0.5, 0.6) is 0 Å². The van der Waals surface area contributed by atoms with Gasteiger partial charge in [0, 0.05) is 12.1 Å². The van der Waals surface area contributed by atoms with Crippen LogP contribution in [0.15, 0.2) is 22.7 Å². The van der Waals surface area contributed by atoms with Gasteiger partial charge in [0.15, 0.2) is 0 Å². The minimum atomic E-state index is -1.12. The van der Waals surface area contributed by atoms with Gasteiger partial charge in [-0.25, -0.2) is 4.39 Å². The molecule has 0 heterocycles. The van der Waals surface area contributed by atoms with Crippen molar-refractivity contribution in [2.24, 2.45) is 5.73 Å². The maximum atomic E-state index is 13.4. The third-order valence-electron chi connectivity index (χ3n) is 1.89. The molecular formula is C9H9BrFNO2. The summed E-state index contributed by atoms with van der Waals surface area (Å²) in [6.45, 7) is -0.122. The van der Waals surface area contributed by atoms with Crippen molar-refractivity contribution in [1.82, 2.24) is 0 Å². The van der Waals surface area contributed by atoms with E-state index in [0.29, 0.717) is 0 Å². The summed E-state index contributed by atoms with van der Waals surface area (Å²) in [4.78, 5) is 10.7. The van der Waals surface area contributed by atoms with Gasteiger partial charge in [0.05, 0.1) is 10.4 Å². The van der Waals surface area contributed by atoms with Crippen molar-refractivity contribution in [3.8, 4) is 0 Å². The SMILES string of the molecule is NCC(C(=O)O)c1cccc(Br)c1F. The number of halogens is 2. The summed E-state index contributed by atoms with van der Waals surface area (Å²) in [5.41, 5.74) is 5.37. The molecule has 1 unspecified atom stereocenters. The third-order valence-corrected chi connectivity index (χ3v) is 2.50. The largest absolute Gasteiger partial charge is 0.481 e. The number of benzene rings is 1. The molecule has 0 aliphatic carbocycles. The quantitative estimate of drug-likeness (QED) is 0.871.